The Balaban J connectivity index is 2.01. The number of benzene rings is 3. The van der Waals surface area contributed by atoms with E-state index in [4.69, 9.17) is 0 Å². The SMILES string of the molecule is CCCCNC(=O)[C@H](C)N(Cc1ccccc1C)C(=O)CN(c1ccccc1C)S(=O)(=O)c1ccccc1. The zero-order valence-corrected chi connectivity index (χ0v) is 23.4. The molecule has 0 spiro atoms. The third-order valence-corrected chi connectivity index (χ3v) is 8.37. The summed E-state index contributed by atoms with van der Waals surface area (Å²) in [5, 5.41) is 2.90. The van der Waals surface area contributed by atoms with Crippen LogP contribution in [0.2, 0.25) is 0 Å². The van der Waals surface area contributed by atoms with Crippen molar-refractivity contribution in [1.29, 1.82) is 0 Å². The van der Waals surface area contributed by atoms with Crippen molar-refractivity contribution < 1.29 is 18.0 Å². The van der Waals surface area contributed by atoms with Crippen LogP contribution >= 0.6 is 0 Å². The van der Waals surface area contributed by atoms with Crippen molar-refractivity contribution in [3.63, 3.8) is 0 Å². The van der Waals surface area contributed by atoms with Gasteiger partial charge in [-0.05, 0) is 62.1 Å². The second-order valence-corrected chi connectivity index (χ2v) is 11.2. The lowest BCUT2D eigenvalue weighted by molar-refractivity contribution is -0.139. The summed E-state index contributed by atoms with van der Waals surface area (Å²) < 4.78 is 28.8. The molecule has 7 nitrogen and oxygen atoms in total. The molecule has 202 valence electrons. The maximum absolute atomic E-state index is 13.9. The topological polar surface area (TPSA) is 86.8 Å². The minimum atomic E-state index is -4.06. The van der Waals surface area contributed by atoms with Gasteiger partial charge in [-0.15, -0.1) is 0 Å². The first-order valence-corrected chi connectivity index (χ1v) is 14.4. The largest absolute Gasteiger partial charge is 0.354 e. The van der Waals surface area contributed by atoms with Gasteiger partial charge in [0.25, 0.3) is 10.0 Å². The van der Waals surface area contributed by atoms with E-state index >= 15 is 0 Å². The fourth-order valence-electron chi connectivity index (χ4n) is 4.17. The van der Waals surface area contributed by atoms with Gasteiger partial charge in [0, 0.05) is 13.1 Å². The number of amides is 2. The van der Waals surface area contributed by atoms with Crippen LogP contribution in [0.25, 0.3) is 0 Å². The van der Waals surface area contributed by atoms with Gasteiger partial charge in [-0.1, -0.05) is 74.0 Å². The lowest BCUT2D eigenvalue weighted by Crippen LogP contribution is -2.51. The molecule has 3 aromatic carbocycles. The number of rotatable bonds is 12. The Morgan fingerprint density at radius 2 is 1.47 bits per heavy atom. The highest BCUT2D eigenvalue weighted by molar-refractivity contribution is 7.92. The molecule has 8 heteroatoms. The van der Waals surface area contributed by atoms with Crippen LogP contribution in [-0.4, -0.2) is 44.3 Å². The van der Waals surface area contributed by atoms with E-state index in [0.717, 1.165) is 33.8 Å². The Bertz CT molecular complexity index is 1340. The van der Waals surface area contributed by atoms with E-state index in [-0.39, 0.29) is 17.3 Å². The van der Waals surface area contributed by atoms with Crippen molar-refractivity contribution in [2.24, 2.45) is 0 Å². The highest BCUT2D eigenvalue weighted by Gasteiger charge is 2.33. The third kappa shape index (κ3) is 7.01. The zero-order valence-electron chi connectivity index (χ0n) is 22.6. The molecule has 1 N–H and O–H groups in total. The van der Waals surface area contributed by atoms with Gasteiger partial charge in [-0.25, -0.2) is 8.42 Å². The molecule has 3 aromatic rings. The van der Waals surface area contributed by atoms with Crippen LogP contribution in [0.4, 0.5) is 5.69 Å². The second kappa shape index (κ2) is 13.2. The molecule has 0 aliphatic carbocycles. The number of sulfonamides is 1. The predicted molar refractivity (Wildman–Crippen MR) is 151 cm³/mol. The molecule has 0 aliphatic rings. The smallest absolute Gasteiger partial charge is 0.264 e. The number of hydrogen-bond acceptors (Lipinski definition) is 4. The highest BCUT2D eigenvalue weighted by atomic mass is 32.2. The maximum Gasteiger partial charge on any atom is 0.264 e. The normalized spacial score (nSPS) is 12.0. The van der Waals surface area contributed by atoms with Crippen LogP contribution in [0.1, 0.15) is 43.4 Å². The van der Waals surface area contributed by atoms with Crippen LogP contribution in [0.5, 0.6) is 0 Å². The standard InChI is InChI=1S/C30H37N3O4S/c1-5-6-20-31-30(35)25(4)32(21-26-16-12-10-14-23(26)2)29(34)22-33(28-19-13-11-15-24(28)3)38(36,37)27-17-8-7-9-18-27/h7-19,25H,5-6,20-22H2,1-4H3,(H,31,35)/t25-/m0/s1. The average molecular weight is 536 g/mol. The third-order valence-electron chi connectivity index (χ3n) is 6.59. The molecule has 3 rings (SSSR count). The number of nitrogens with zero attached hydrogens (tertiary/aromatic N) is 2. The number of hydrogen-bond donors (Lipinski definition) is 1. The number of nitrogens with one attached hydrogen (secondary N) is 1. The average Bonchev–Trinajstić information content (AvgIpc) is 2.91. The molecule has 0 aliphatic heterocycles. The monoisotopic (exact) mass is 535 g/mol. The van der Waals surface area contributed by atoms with Crippen LogP contribution in [-0.2, 0) is 26.2 Å². The zero-order chi connectivity index (χ0) is 27.7. The van der Waals surface area contributed by atoms with Crippen molar-refractivity contribution in [3.05, 3.63) is 95.6 Å². The molecule has 0 bridgehead atoms. The van der Waals surface area contributed by atoms with E-state index in [9.17, 15) is 18.0 Å². The Labute approximate surface area is 226 Å². The molecule has 38 heavy (non-hydrogen) atoms. The van der Waals surface area contributed by atoms with Gasteiger partial charge in [-0.2, -0.15) is 0 Å². The van der Waals surface area contributed by atoms with E-state index in [1.54, 1.807) is 37.3 Å². The molecule has 2 amide bonds. The summed E-state index contributed by atoms with van der Waals surface area (Å²) in [4.78, 5) is 28.5. The van der Waals surface area contributed by atoms with Gasteiger partial charge >= 0.3 is 0 Å². The molecule has 0 saturated heterocycles. The van der Waals surface area contributed by atoms with Gasteiger partial charge in [0.1, 0.15) is 12.6 Å². The van der Waals surface area contributed by atoms with Crippen molar-refractivity contribution in [3.8, 4) is 0 Å². The molecule has 0 saturated carbocycles. The van der Waals surface area contributed by atoms with E-state index in [2.05, 4.69) is 5.32 Å². The number of para-hydroxylation sites is 1. The first kappa shape index (κ1) is 28.9. The summed E-state index contributed by atoms with van der Waals surface area (Å²) in [5.41, 5.74) is 3.01. The van der Waals surface area contributed by atoms with E-state index in [1.165, 1.54) is 17.0 Å². The van der Waals surface area contributed by atoms with Gasteiger partial charge in [0.2, 0.25) is 11.8 Å². The van der Waals surface area contributed by atoms with Crippen molar-refractivity contribution in [1.82, 2.24) is 10.2 Å². The fraction of sp³-hybridized carbons (Fsp3) is 0.333. The summed E-state index contributed by atoms with van der Waals surface area (Å²) in [6.45, 7) is 7.73. The van der Waals surface area contributed by atoms with Crippen molar-refractivity contribution in [2.45, 2.75) is 58.0 Å². The molecular weight excluding hydrogens is 498 g/mol. The molecule has 1 atom stereocenters. The summed E-state index contributed by atoms with van der Waals surface area (Å²) in [6, 6.07) is 22.0. The summed E-state index contributed by atoms with van der Waals surface area (Å²) >= 11 is 0. The van der Waals surface area contributed by atoms with Crippen LogP contribution in [0.3, 0.4) is 0 Å². The minimum Gasteiger partial charge on any atom is -0.354 e. The van der Waals surface area contributed by atoms with Crippen molar-refractivity contribution >= 4 is 27.5 Å². The maximum atomic E-state index is 13.9. The Kier molecular flexibility index (Phi) is 10.1. The molecule has 0 unspecified atom stereocenters. The van der Waals surface area contributed by atoms with E-state index in [1.807, 2.05) is 57.2 Å². The first-order valence-electron chi connectivity index (χ1n) is 12.9. The lowest BCUT2D eigenvalue weighted by atomic mass is 10.1. The van der Waals surface area contributed by atoms with Crippen LogP contribution < -0.4 is 9.62 Å². The van der Waals surface area contributed by atoms with Crippen LogP contribution in [0.15, 0.2) is 83.8 Å². The number of carbonyl (C=O) groups excluding carboxylic acids is 2. The molecule has 0 radical (unpaired) electrons. The van der Waals surface area contributed by atoms with Crippen molar-refractivity contribution in [2.75, 3.05) is 17.4 Å². The summed E-state index contributed by atoms with van der Waals surface area (Å²) in [6.07, 6.45) is 1.77. The Hall–Kier alpha value is -3.65. The number of aryl methyl sites for hydroxylation is 2. The number of unbranched alkanes of at least 4 members (excludes halogenated alkanes) is 1. The molecule has 0 heterocycles. The van der Waals surface area contributed by atoms with E-state index in [0.29, 0.717) is 12.2 Å². The number of anilines is 1. The minimum absolute atomic E-state index is 0.0897. The highest BCUT2D eigenvalue weighted by Crippen LogP contribution is 2.27. The molecule has 0 fully saturated rings. The lowest BCUT2D eigenvalue weighted by Gasteiger charge is -2.32. The quantitative estimate of drug-likeness (QED) is 0.337. The van der Waals surface area contributed by atoms with Gasteiger partial charge in [0.15, 0.2) is 0 Å². The van der Waals surface area contributed by atoms with Gasteiger partial charge < -0.3 is 10.2 Å². The Morgan fingerprint density at radius 1 is 0.868 bits per heavy atom. The number of carbonyl (C=O) groups is 2. The second-order valence-electron chi connectivity index (χ2n) is 9.38. The summed E-state index contributed by atoms with van der Waals surface area (Å²) in [5.74, 6) is -0.733. The molecule has 0 aromatic heterocycles. The fourth-order valence-corrected chi connectivity index (χ4v) is 5.67. The van der Waals surface area contributed by atoms with E-state index < -0.39 is 28.5 Å². The predicted octanol–water partition coefficient (Wildman–Crippen LogP) is 4.83. The molecular formula is C30H37N3O4S. The Morgan fingerprint density at radius 3 is 2.11 bits per heavy atom. The summed E-state index contributed by atoms with van der Waals surface area (Å²) in [7, 11) is -4.06. The van der Waals surface area contributed by atoms with Gasteiger partial charge in [0.05, 0.1) is 10.6 Å². The first-order chi connectivity index (χ1) is 18.2. The van der Waals surface area contributed by atoms with Crippen LogP contribution in [0, 0.1) is 13.8 Å². The van der Waals surface area contributed by atoms with Gasteiger partial charge in [-0.3, -0.25) is 13.9 Å².